The number of hydrogen-bond donors (Lipinski definition) is 2. The summed E-state index contributed by atoms with van der Waals surface area (Å²) < 4.78 is 0. The highest BCUT2D eigenvalue weighted by molar-refractivity contribution is 5.75. The van der Waals surface area contributed by atoms with Crippen LogP contribution in [0.25, 0.3) is 0 Å². The zero-order chi connectivity index (χ0) is 23.0. The highest BCUT2D eigenvalue weighted by Gasteiger charge is 2.18. The fourth-order valence-corrected chi connectivity index (χ4v) is 3.32. The van der Waals surface area contributed by atoms with Crippen molar-refractivity contribution in [2.24, 2.45) is 0 Å². The lowest BCUT2D eigenvalue weighted by molar-refractivity contribution is 0.171. The molecule has 6 nitrogen and oxygen atoms in total. The normalized spacial score (nSPS) is 10.4. The van der Waals surface area contributed by atoms with E-state index in [2.05, 4.69) is 24.5 Å². The molecule has 0 fully saturated rings. The van der Waals surface area contributed by atoms with Gasteiger partial charge in [-0.15, -0.1) is 0 Å². The van der Waals surface area contributed by atoms with Crippen molar-refractivity contribution in [3.63, 3.8) is 0 Å². The molecular weight excluding hydrogens is 400 g/mol. The smallest absolute Gasteiger partial charge is 0.317 e. The molecule has 2 aromatic rings. The lowest BCUT2D eigenvalue weighted by atomic mass is 10.2. The first kappa shape index (κ1) is 25.2. The summed E-state index contributed by atoms with van der Waals surface area (Å²) in [6, 6.07) is 19.7. The van der Waals surface area contributed by atoms with E-state index in [1.165, 1.54) is 0 Å². The van der Waals surface area contributed by atoms with Crippen molar-refractivity contribution in [2.75, 3.05) is 26.2 Å². The van der Waals surface area contributed by atoms with Crippen molar-refractivity contribution >= 4 is 12.1 Å². The molecule has 0 aliphatic rings. The average Bonchev–Trinajstić information content (AvgIpc) is 2.82. The van der Waals surface area contributed by atoms with Crippen LogP contribution in [0.1, 0.15) is 50.7 Å². The maximum absolute atomic E-state index is 12.9. The molecule has 0 aliphatic heterocycles. The standard InChI is InChI=1S/C26H38N4O2/c1-3-5-17-27-25(31)29(21-23-13-9-7-10-14-23)19-20-30(26(32)28-18-6-4-2)22-24-15-11-8-12-16-24/h7-16H,3-6,17-22H2,1-2H3,(H,27,31)(H,28,32). The van der Waals surface area contributed by atoms with Crippen LogP contribution in [0.4, 0.5) is 9.59 Å². The number of carbonyl (C=O) groups excluding carboxylic acids is 2. The minimum Gasteiger partial charge on any atom is -0.338 e. The Balaban J connectivity index is 2.07. The van der Waals surface area contributed by atoms with Crippen LogP contribution in [-0.4, -0.2) is 48.0 Å². The summed E-state index contributed by atoms with van der Waals surface area (Å²) in [6.45, 7) is 7.46. The Bertz CT molecular complexity index is 715. The van der Waals surface area contributed by atoms with Gasteiger partial charge in [-0.2, -0.15) is 0 Å². The van der Waals surface area contributed by atoms with Crippen LogP contribution in [0.5, 0.6) is 0 Å². The number of nitrogens with one attached hydrogen (secondary N) is 2. The number of benzene rings is 2. The third-order valence-electron chi connectivity index (χ3n) is 5.26. The summed E-state index contributed by atoms with van der Waals surface area (Å²) in [4.78, 5) is 29.3. The summed E-state index contributed by atoms with van der Waals surface area (Å²) in [6.07, 6.45) is 3.96. The molecule has 0 unspecified atom stereocenters. The van der Waals surface area contributed by atoms with Crippen LogP contribution >= 0.6 is 0 Å². The predicted molar refractivity (Wildman–Crippen MR) is 130 cm³/mol. The predicted octanol–water partition coefficient (Wildman–Crippen LogP) is 5.01. The van der Waals surface area contributed by atoms with Gasteiger partial charge in [0.25, 0.3) is 0 Å². The van der Waals surface area contributed by atoms with Gasteiger partial charge in [0.15, 0.2) is 0 Å². The van der Waals surface area contributed by atoms with Gasteiger partial charge < -0.3 is 20.4 Å². The number of amides is 4. The molecule has 0 aromatic heterocycles. The van der Waals surface area contributed by atoms with E-state index in [4.69, 9.17) is 0 Å². The zero-order valence-corrected chi connectivity index (χ0v) is 19.6. The van der Waals surface area contributed by atoms with E-state index < -0.39 is 0 Å². The van der Waals surface area contributed by atoms with E-state index in [-0.39, 0.29) is 12.1 Å². The number of urea groups is 2. The van der Waals surface area contributed by atoms with Crippen molar-refractivity contribution in [1.82, 2.24) is 20.4 Å². The molecule has 174 valence electrons. The summed E-state index contributed by atoms with van der Waals surface area (Å²) in [7, 11) is 0. The van der Waals surface area contributed by atoms with Gasteiger partial charge in [-0.1, -0.05) is 87.4 Å². The monoisotopic (exact) mass is 438 g/mol. The van der Waals surface area contributed by atoms with E-state index in [9.17, 15) is 9.59 Å². The van der Waals surface area contributed by atoms with Gasteiger partial charge >= 0.3 is 12.1 Å². The fraction of sp³-hybridized carbons (Fsp3) is 0.462. The number of nitrogens with zero attached hydrogens (tertiary/aromatic N) is 2. The second-order valence-electron chi connectivity index (χ2n) is 7.99. The van der Waals surface area contributed by atoms with Crippen molar-refractivity contribution in [3.8, 4) is 0 Å². The van der Waals surface area contributed by atoms with Crippen LogP contribution in [0.2, 0.25) is 0 Å². The molecule has 0 bridgehead atoms. The van der Waals surface area contributed by atoms with Gasteiger partial charge in [0.05, 0.1) is 0 Å². The van der Waals surface area contributed by atoms with Crippen molar-refractivity contribution in [1.29, 1.82) is 0 Å². The highest BCUT2D eigenvalue weighted by Crippen LogP contribution is 2.08. The first-order valence-corrected chi connectivity index (χ1v) is 11.8. The van der Waals surface area contributed by atoms with Crippen molar-refractivity contribution in [2.45, 2.75) is 52.6 Å². The third kappa shape index (κ3) is 9.41. The summed E-state index contributed by atoms with van der Waals surface area (Å²) in [5.74, 6) is 0. The van der Waals surface area contributed by atoms with Crippen LogP contribution < -0.4 is 10.6 Å². The number of rotatable bonds is 13. The van der Waals surface area contributed by atoms with Crippen molar-refractivity contribution < 1.29 is 9.59 Å². The molecule has 2 N–H and O–H groups in total. The minimum absolute atomic E-state index is 0.0895. The molecule has 2 aromatic carbocycles. The lowest BCUT2D eigenvalue weighted by Crippen LogP contribution is -2.47. The van der Waals surface area contributed by atoms with E-state index in [1.807, 2.05) is 60.7 Å². The molecule has 2 rings (SSSR count). The van der Waals surface area contributed by atoms with Crippen molar-refractivity contribution in [3.05, 3.63) is 71.8 Å². The Morgan fingerprint density at radius 3 is 1.38 bits per heavy atom. The molecular formula is C26H38N4O2. The Hall–Kier alpha value is -3.02. The maximum Gasteiger partial charge on any atom is 0.317 e. The van der Waals surface area contributed by atoms with Crippen LogP contribution in [0.15, 0.2) is 60.7 Å². The van der Waals surface area contributed by atoms with Gasteiger partial charge in [0.1, 0.15) is 0 Å². The zero-order valence-electron chi connectivity index (χ0n) is 19.6. The van der Waals surface area contributed by atoms with Crippen LogP contribution in [0, 0.1) is 0 Å². The van der Waals surface area contributed by atoms with Gasteiger partial charge in [-0.05, 0) is 24.0 Å². The molecule has 32 heavy (non-hydrogen) atoms. The Morgan fingerprint density at radius 2 is 1.03 bits per heavy atom. The number of carbonyl (C=O) groups is 2. The molecule has 0 aliphatic carbocycles. The quantitative estimate of drug-likeness (QED) is 0.432. The molecule has 0 radical (unpaired) electrons. The second kappa shape index (κ2) is 14.9. The molecule has 0 atom stereocenters. The Labute approximate surface area is 193 Å². The van der Waals surface area contributed by atoms with Gasteiger partial charge in [0, 0.05) is 39.3 Å². The SMILES string of the molecule is CCCCNC(=O)N(CCN(Cc1ccccc1)C(=O)NCCCC)Cc1ccccc1. The number of unbranched alkanes of at least 4 members (excludes halogenated alkanes) is 2. The Morgan fingerprint density at radius 1 is 0.656 bits per heavy atom. The first-order chi connectivity index (χ1) is 15.6. The van der Waals surface area contributed by atoms with Crippen LogP contribution in [0.3, 0.4) is 0 Å². The third-order valence-corrected chi connectivity index (χ3v) is 5.26. The van der Waals surface area contributed by atoms with E-state index in [0.29, 0.717) is 39.3 Å². The molecule has 0 spiro atoms. The molecule has 4 amide bonds. The summed E-state index contributed by atoms with van der Waals surface area (Å²) in [5, 5.41) is 6.03. The van der Waals surface area contributed by atoms with Gasteiger partial charge in [0.2, 0.25) is 0 Å². The fourth-order valence-electron chi connectivity index (χ4n) is 3.32. The molecule has 0 saturated heterocycles. The average molecular weight is 439 g/mol. The van der Waals surface area contributed by atoms with E-state index >= 15 is 0 Å². The molecule has 6 heteroatoms. The lowest BCUT2D eigenvalue weighted by Gasteiger charge is -2.28. The topological polar surface area (TPSA) is 64.7 Å². The largest absolute Gasteiger partial charge is 0.338 e. The first-order valence-electron chi connectivity index (χ1n) is 11.8. The molecule has 0 saturated carbocycles. The highest BCUT2D eigenvalue weighted by atomic mass is 16.2. The number of hydrogen-bond acceptors (Lipinski definition) is 2. The Kier molecular flexibility index (Phi) is 11.7. The van der Waals surface area contributed by atoms with Crippen LogP contribution in [-0.2, 0) is 13.1 Å². The molecule has 0 heterocycles. The summed E-state index contributed by atoms with van der Waals surface area (Å²) in [5.41, 5.74) is 2.14. The van der Waals surface area contributed by atoms with E-state index in [0.717, 1.165) is 36.8 Å². The second-order valence-corrected chi connectivity index (χ2v) is 7.99. The van der Waals surface area contributed by atoms with Gasteiger partial charge in [-0.25, -0.2) is 9.59 Å². The van der Waals surface area contributed by atoms with E-state index in [1.54, 1.807) is 9.80 Å². The summed E-state index contributed by atoms with van der Waals surface area (Å²) >= 11 is 0. The minimum atomic E-state index is -0.0895. The van der Waals surface area contributed by atoms with Gasteiger partial charge in [-0.3, -0.25) is 0 Å². The maximum atomic E-state index is 12.9.